The maximum Gasteiger partial charge on any atom is 0.339 e. The van der Waals surface area contributed by atoms with Crippen LogP contribution in [0.2, 0.25) is 0 Å². The largest absolute Gasteiger partial charge is 0.478 e. The maximum atomic E-state index is 11.1. The molecule has 0 spiro atoms. The smallest absolute Gasteiger partial charge is 0.339 e. The standard InChI is InChI=1S/C13H13N3O2S/c17-12(18)8-4-3-7-14-11(8)16-13-15-9-5-1-2-6-10(9)19-13/h3-4,7H,1-2,5-6H2,(H,17,18)(H,14,15,16). The van der Waals surface area contributed by atoms with Gasteiger partial charge in [-0.15, -0.1) is 11.3 Å². The van der Waals surface area contributed by atoms with E-state index in [1.165, 1.54) is 23.8 Å². The number of hydrogen-bond acceptors (Lipinski definition) is 5. The number of carbonyl (C=O) groups is 1. The summed E-state index contributed by atoms with van der Waals surface area (Å²) in [6.45, 7) is 0. The lowest BCUT2D eigenvalue weighted by Gasteiger charge is -2.06. The minimum absolute atomic E-state index is 0.163. The molecule has 0 aliphatic heterocycles. The Labute approximate surface area is 114 Å². The number of anilines is 2. The molecule has 0 radical (unpaired) electrons. The van der Waals surface area contributed by atoms with Gasteiger partial charge in [0.1, 0.15) is 11.4 Å². The second-order valence-electron chi connectivity index (χ2n) is 4.43. The number of aromatic nitrogens is 2. The highest BCUT2D eigenvalue weighted by atomic mass is 32.1. The lowest BCUT2D eigenvalue weighted by molar-refractivity contribution is 0.0697. The third kappa shape index (κ3) is 2.44. The van der Waals surface area contributed by atoms with Gasteiger partial charge in [0.15, 0.2) is 5.13 Å². The highest BCUT2D eigenvalue weighted by Crippen LogP contribution is 2.31. The number of carboxylic acid groups (broad SMARTS) is 1. The molecule has 6 heteroatoms. The first kappa shape index (κ1) is 12.1. The van der Waals surface area contributed by atoms with Crippen LogP contribution in [0.5, 0.6) is 0 Å². The Morgan fingerprint density at radius 2 is 2.21 bits per heavy atom. The summed E-state index contributed by atoms with van der Waals surface area (Å²) < 4.78 is 0. The number of nitrogens with zero attached hydrogens (tertiary/aromatic N) is 2. The van der Waals surface area contributed by atoms with Gasteiger partial charge in [-0.3, -0.25) is 0 Å². The van der Waals surface area contributed by atoms with Crippen molar-refractivity contribution in [3.05, 3.63) is 34.5 Å². The van der Waals surface area contributed by atoms with Gasteiger partial charge in [0, 0.05) is 11.1 Å². The molecule has 0 amide bonds. The van der Waals surface area contributed by atoms with Crippen LogP contribution >= 0.6 is 11.3 Å². The molecule has 1 aliphatic carbocycles. The summed E-state index contributed by atoms with van der Waals surface area (Å²) in [5.41, 5.74) is 1.31. The van der Waals surface area contributed by atoms with E-state index in [1.807, 2.05) is 0 Å². The Balaban J connectivity index is 1.89. The third-order valence-corrected chi connectivity index (χ3v) is 4.18. The number of hydrogen-bond donors (Lipinski definition) is 2. The first-order valence-electron chi connectivity index (χ1n) is 6.18. The topological polar surface area (TPSA) is 75.1 Å². The predicted molar refractivity (Wildman–Crippen MR) is 73.2 cm³/mol. The van der Waals surface area contributed by atoms with Crippen LogP contribution in [0.15, 0.2) is 18.3 Å². The first-order chi connectivity index (χ1) is 9.24. The van der Waals surface area contributed by atoms with Crippen molar-refractivity contribution in [2.45, 2.75) is 25.7 Å². The number of pyridine rings is 1. The van der Waals surface area contributed by atoms with Crippen LogP contribution in [0.1, 0.15) is 33.8 Å². The third-order valence-electron chi connectivity index (χ3n) is 3.11. The fraction of sp³-hybridized carbons (Fsp3) is 0.308. The molecular formula is C13H13N3O2S. The van der Waals surface area contributed by atoms with Crippen molar-refractivity contribution >= 4 is 28.3 Å². The molecule has 0 bridgehead atoms. The van der Waals surface area contributed by atoms with Gasteiger partial charge in [-0.2, -0.15) is 0 Å². The van der Waals surface area contributed by atoms with E-state index < -0.39 is 5.97 Å². The van der Waals surface area contributed by atoms with Gasteiger partial charge in [-0.1, -0.05) is 0 Å². The summed E-state index contributed by atoms with van der Waals surface area (Å²) in [7, 11) is 0. The van der Waals surface area contributed by atoms with Crippen LogP contribution in [0.25, 0.3) is 0 Å². The van der Waals surface area contributed by atoms with Gasteiger partial charge >= 0.3 is 5.97 Å². The van der Waals surface area contributed by atoms with Crippen molar-refractivity contribution in [2.24, 2.45) is 0 Å². The van der Waals surface area contributed by atoms with Crippen LogP contribution in [-0.2, 0) is 12.8 Å². The fourth-order valence-corrected chi connectivity index (χ4v) is 3.23. The van der Waals surface area contributed by atoms with Crippen molar-refractivity contribution in [1.29, 1.82) is 0 Å². The quantitative estimate of drug-likeness (QED) is 0.901. The fourth-order valence-electron chi connectivity index (χ4n) is 2.18. The van der Waals surface area contributed by atoms with E-state index in [9.17, 15) is 4.79 Å². The van der Waals surface area contributed by atoms with Gasteiger partial charge in [0.2, 0.25) is 0 Å². The van der Waals surface area contributed by atoms with E-state index in [2.05, 4.69) is 15.3 Å². The SMILES string of the molecule is O=C(O)c1cccnc1Nc1nc2c(s1)CCCC2. The summed E-state index contributed by atoms with van der Waals surface area (Å²) >= 11 is 1.60. The van der Waals surface area contributed by atoms with Gasteiger partial charge in [0.25, 0.3) is 0 Å². The molecule has 0 unspecified atom stereocenters. The van der Waals surface area contributed by atoms with Gasteiger partial charge in [0.05, 0.1) is 5.69 Å². The first-order valence-corrected chi connectivity index (χ1v) is 6.99. The summed E-state index contributed by atoms with van der Waals surface area (Å²) in [5, 5.41) is 12.9. The molecule has 0 fully saturated rings. The Hall–Kier alpha value is -1.95. The van der Waals surface area contributed by atoms with E-state index in [1.54, 1.807) is 23.6 Å². The Morgan fingerprint density at radius 3 is 3.00 bits per heavy atom. The van der Waals surface area contributed by atoms with E-state index in [4.69, 9.17) is 5.11 Å². The van der Waals surface area contributed by atoms with Crippen molar-refractivity contribution in [1.82, 2.24) is 9.97 Å². The van der Waals surface area contributed by atoms with Crippen molar-refractivity contribution < 1.29 is 9.90 Å². The lowest BCUT2D eigenvalue weighted by Crippen LogP contribution is -2.04. The minimum atomic E-state index is -0.989. The van der Waals surface area contributed by atoms with Crippen molar-refractivity contribution in [3.8, 4) is 0 Å². The highest BCUT2D eigenvalue weighted by Gasteiger charge is 2.17. The second-order valence-corrected chi connectivity index (χ2v) is 5.51. The Kier molecular flexibility index (Phi) is 3.16. The van der Waals surface area contributed by atoms with E-state index in [-0.39, 0.29) is 5.56 Å². The molecule has 5 nitrogen and oxygen atoms in total. The Bertz CT molecular complexity index is 601. The molecule has 2 aromatic rings. The van der Waals surface area contributed by atoms with Crippen molar-refractivity contribution in [3.63, 3.8) is 0 Å². The Morgan fingerprint density at radius 1 is 1.37 bits per heavy atom. The molecule has 2 aromatic heterocycles. The molecule has 98 valence electrons. The molecule has 1 aliphatic rings. The van der Waals surface area contributed by atoms with Crippen molar-refractivity contribution in [2.75, 3.05) is 5.32 Å². The number of carboxylic acids is 1. The van der Waals surface area contributed by atoms with Gasteiger partial charge in [-0.05, 0) is 37.8 Å². The zero-order valence-corrected chi connectivity index (χ0v) is 11.0. The average molecular weight is 275 g/mol. The summed E-state index contributed by atoms with van der Waals surface area (Å²) in [4.78, 5) is 21.0. The molecular weight excluding hydrogens is 262 g/mol. The molecule has 0 aromatic carbocycles. The zero-order chi connectivity index (χ0) is 13.2. The molecule has 3 rings (SSSR count). The molecule has 19 heavy (non-hydrogen) atoms. The molecule has 2 heterocycles. The van der Waals surface area contributed by atoms with E-state index >= 15 is 0 Å². The number of aromatic carboxylic acids is 1. The number of rotatable bonds is 3. The number of thiazole rings is 1. The van der Waals surface area contributed by atoms with E-state index in [0.29, 0.717) is 5.82 Å². The number of fused-ring (bicyclic) bond motifs is 1. The normalized spacial score (nSPS) is 13.9. The monoisotopic (exact) mass is 275 g/mol. The van der Waals surface area contributed by atoms with E-state index in [0.717, 1.165) is 23.7 Å². The predicted octanol–water partition coefficient (Wildman–Crippen LogP) is 2.86. The maximum absolute atomic E-state index is 11.1. The van der Waals surface area contributed by atoms with Crippen LogP contribution in [0.4, 0.5) is 10.9 Å². The van der Waals surface area contributed by atoms with Gasteiger partial charge < -0.3 is 10.4 Å². The van der Waals surface area contributed by atoms with Crippen LogP contribution in [0.3, 0.4) is 0 Å². The highest BCUT2D eigenvalue weighted by molar-refractivity contribution is 7.15. The van der Waals surface area contributed by atoms with Crippen LogP contribution in [0, 0.1) is 0 Å². The number of aryl methyl sites for hydroxylation is 2. The van der Waals surface area contributed by atoms with Crippen LogP contribution in [-0.4, -0.2) is 21.0 Å². The number of nitrogens with one attached hydrogen (secondary N) is 1. The molecule has 2 N–H and O–H groups in total. The summed E-state index contributed by atoms with van der Waals surface area (Å²) in [6, 6.07) is 3.15. The zero-order valence-electron chi connectivity index (χ0n) is 10.2. The summed E-state index contributed by atoms with van der Waals surface area (Å²) in [5.74, 6) is -0.641. The van der Waals surface area contributed by atoms with Gasteiger partial charge in [-0.25, -0.2) is 14.8 Å². The average Bonchev–Trinajstić information content (AvgIpc) is 2.81. The minimum Gasteiger partial charge on any atom is -0.478 e. The lowest BCUT2D eigenvalue weighted by atomic mass is 10.0. The molecule has 0 saturated carbocycles. The molecule has 0 atom stereocenters. The second kappa shape index (κ2) is 4.97. The van der Waals surface area contributed by atoms with Crippen LogP contribution < -0.4 is 5.32 Å². The summed E-state index contributed by atoms with van der Waals surface area (Å²) in [6.07, 6.45) is 6.05. The molecule has 0 saturated heterocycles.